The molecular weight excluding hydrogens is 240 g/mol. The molecule has 0 saturated heterocycles. The number of nitrogens with one attached hydrogen (secondary N) is 1. The molecule has 0 spiro atoms. The predicted molar refractivity (Wildman–Crippen MR) is 69.4 cm³/mol. The van der Waals surface area contributed by atoms with Crippen LogP contribution < -0.4 is 11.1 Å². The second kappa shape index (κ2) is 7.66. The Morgan fingerprint density at radius 1 is 1.18 bits per heavy atom. The van der Waals surface area contributed by atoms with E-state index in [0.717, 1.165) is 12.8 Å². The zero-order chi connectivity index (χ0) is 13.5. The van der Waals surface area contributed by atoms with Crippen LogP contribution in [0, 0.1) is 0 Å². The third-order valence-electron chi connectivity index (χ3n) is 2.69. The summed E-state index contributed by atoms with van der Waals surface area (Å²) in [6, 6.07) is -0.335. The van der Waals surface area contributed by atoms with Crippen LogP contribution in [0.2, 0.25) is 0 Å². The summed E-state index contributed by atoms with van der Waals surface area (Å²) >= 11 is 0. The lowest BCUT2D eigenvalue weighted by molar-refractivity contribution is -0.119. The van der Waals surface area contributed by atoms with Crippen molar-refractivity contribution in [1.82, 2.24) is 5.32 Å². The van der Waals surface area contributed by atoms with Crippen molar-refractivity contribution in [3.8, 4) is 0 Å². The highest BCUT2D eigenvalue weighted by atomic mass is 32.2. The maximum Gasteiger partial charge on any atom is 0.235 e. The summed E-state index contributed by atoms with van der Waals surface area (Å²) in [5, 5.41) is 2.70. The lowest BCUT2D eigenvalue weighted by atomic mass is 10.2. The first kappa shape index (κ1) is 16.4. The molecule has 102 valence electrons. The molecule has 1 unspecified atom stereocenters. The Labute approximate surface area is 104 Å². The SMILES string of the molecule is CCC(N)CS(=O)(=O)CC(=O)NC(CC)CC. The minimum atomic E-state index is -3.39. The van der Waals surface area contributed by atoms with Crippen LogP contribution in [-0.4, -0.2) is 37.9 Å². The molecule has 0 radical (unpaired) electrons. The van der Waals surface area contributed by atoms with Gasteiger partial charge in [0.1, 0.15) is 5.75 Å². The lowest BCUT2D eigenvalue weighted by Crippen LogP contribution is -2.40. The van der Waals surface area contributed by atoms with Crippen molar-refractivity contribution in [3.63, 3.8) is 0 Å². The van der Waals surface area contributed by atoms with Gasteiger partial charge in [0.25, 0.3) is 0 Å². The zero-order valence-corrected chi connectivity index (χ0v) is 11.7. The summed E-state index contributed by atoms with van der Waals surface area (Å²) in [6.45, 7) is 5.73. The number of carbonyl (C=O) groups is 1. The van der Waals surface area contributed by atoms with E-state index < -0.39 is 21.5 Å². The van der Waals surface area contributed by atoms with Gasteiger partial charge >= 0.3 is 0 Å². The van der Waals surface area contributed by atoms with Gasteiger partial charge in [0.2, 0.25) is 5.91 Å². The molecule has 1 amide bonds. The molecule has 0 fully saturated rings. The van der Waals surface area contributed by atoms with Crippen LogP contribution in [0.15, 0.2) is 0 Å². The third kappa shape index (κ3) is 7.33. The van der Waals surface area contributed by atoms with E-state index in [9.17, 15) is 13.2 Å². The van der Waals surface area contributed by atoms with Crippen molar-refractivity contribution < 1.29 is 13.2 Å². The Hall–Kier alpha value is -0.620. The Morgan fingerprint density at radius 3 is 2.12 bits per heavy atom. The van der Waals surface area contributed by atoms with E-state index in [1.54, 1.807) is 0 Å². The van der Waals surface area contributed by atoms with Crippen LogP contribution in [0.3, 0.4) is 0 Å². The van der Waals surface area contributed by atoms with E-state index in [1.165, 1.54) is 0 Å². The lowest BCUT2D eigenvalue weighted by Gasteiger charge is -2.15. The normalized spacial score (nSPS) is 13.7. The van der Waals surface area contributed by atoms with Gasteiger partial charge in [0, 0.05) is 12.1 Å². The number of amides is 1. The van der Waals surface area contributed by atoms with E-state index >= 15 is 0 Å². The van der Waals surface area contributed by atoms with Crippen molar-refractivity contribution in [2.45, 2.75) is 52.1 Å². The molecule has 0 heterocycles. The summed E-state index contributed by atoms with van der Waals surface area (Å²) in [4.78, 5) is 11.5. The van der Waals surface area contributed by atoms with Gasteiger partial charge in [0.15, 0.2) is 9.84 Å². The Balaban J connectivity index is 4.27. The number of hydrogen-bond donors (Lipinski definition) is 2. The number of hydrogen-bond acceptors (Lipinski definition) is 4. The topological polar surface area (TPSA) is 89.3 Å². The van der Waals surface area contributed by atoms with E-state index in [1.807, 2.05) is 20.8 Å². The Bertz CT molecular complexity index is 324. The van der Waals surface area contributed by atoms with Gasteiger partial charge in [-0.3, -0.25) is 4.79 Å². The summed E-state index contributed by atoms with van der Waals surface area (Å²) in [7, 11) is -3.39. The average molecular weight is 264 g/mol. The molecule has 3 N–H and O–H groups in total. The molecule has 0 bridgehead atoms. The largest absolute Gasteiger partial charge is 0.353 e. The van der Waals surface area contributed by atoms with Gasteiger partial charge < -0.3 is 11.1 Å². The first-order valence-corrected chi connectivity index (χ1v) is 7.92. The van der Waals surface area contributed by atoms with Gasteiger partial charge in [-0.1, -0.05) is 20.8 Å². The second-order valence-electron chi connectivity index (χ2n) is 4.30. The molecule has 5 nitrogen and oxygen atoms in total. The first-order valence-electron chi connectivity index (χ1n) is 6.09. The van der Waals surface area contributed by atoms with Crippen molar-refractivity contribution in [1.29, 1.82) is 0 Å². The molecule has 0 aliphatic rings. The maximum absolute atomic E-state index is 11.6. The highest BCUT2D eigenvalue weighted by Gasteiger charge is 2.20. The smallest absolute Gasteiger partial charge is 0.235 e. The Morgan fingerprint density at radius 2 is 1.71 bits per heavy atom. The average Bonchev–Trinajstić information content (AvgIpc) is 2.24. The van der Waals surface area contributed by atoms with E-state index in [2.05, 4.69) is 5.32 Å². The van der Waals surface area contributed by atoms with Crippen LogP contribution >= 0.6 is 0 Å². The van der Waals surface area contributed by atoms with E-state index in [-0.39, 0.29) is 17.8 Å². The van der Waals surface area contributed by atoms with Gasteiger partial charge in [0.05, 0.1) is 5.75 Å². The third-order valence-corrected chi connectivity index (χ3v) is 4.33. The van der Waals surface area contributed by atoms with Crippen LogP contribution in [0.1, 0.15) is 40.0 Å². The number of sulfone groups is 1. The zero-order valence-electron chi connectivity index (χ0n) is 10.9. The summed E-state index contributed by atoms with van der Waals surface area (Å²) in [5.41, 5.74) is 5.58. The van der Waals surface area contributed by atoms with Gasteiger partial charge in [-0.05, 0) is 19.3 Å². The number of rotatable bonds is 8. The molecule has 17 heavy (non-hydrogen) atoms. The minimum absolute atomic E-state index is 0.0533. The summed E-state index contributed by atoms with van der Waals surface area (Å²) in [6.07, 6.45) is 2.20. The highest BCUT2D eigenvalue weighted by molar-refractivity contribution is 7.92. The fourth-order valence-corrected chi connectivity index (χ4v) is 2.95. The van der Waals surface area contributed by atoms with Crippen LogP contribution in [-0.2, 0) is 14.6 Å². The van der Waals surface area contributed by atoms with E-state index in [4.69, 9.17) is 5.73 Å². The quantitative estimate of drug-likeness (QED) is 0.666. The van der Waals surface area contributed by atoms with Crippen molar-refractivity contribution >= 4 is 15.7 Å². The molecular formula is C11H24N2O3S. The molecule has 0 rings (SSSR count). The number of carbonyl (C=O) groups excluding carboxylic acids is 1. The first-order chi connectivity index (χ1) is 7.84. The molecule has 1 atom stereocenters. The van der Waals surface area contributed by atoms with Crippen LogP contribution in [0.25, 0.3) is 0 Å². The minimum Gasteiger partial charge on any atom is -0.353 e. The molecule has 6 heteroatoms. The summed E-state index contributed by atoms with van der Waals surface area (Å²) in [5.74, 6) is -1.01. The van der Waals surface area contributed by atoms with Crippen LogP contribution in [0.4, 0.5) is 0 Å². The van der Waals surface area contributed by atoms with Gasteiger partial charge in [-0.25, -0.2) is 8.42 Å². The molecule has 0 aliphatic heterocycles. The Kier molecular flexibility index (Phi) is 7.38. The van der Waals surface area contributed by atoms with Crippen molar-refractivity contribution in [2.24, 2.45) is 5.73 Å². The molecule has 0 aromatic carbocycles. The molecule has 0 saturated carbocycles. The maximum atomic E-state index is 11.6. The van der Waals surface area contributed by atoms with Crippen molar-refractivity contribution in [3.05, 3.63) is 0 Å². The monoisotopic (exact) mass is 264 g/mol. The number of nitrogens with two attached hydrogens (primary N) is 1. The standard InChI is InChI=1S/C11H24N2O3S/c1-4-9(12)7-17(15,16)8-11(14)13-10(5-2)6-3/h9-10H,4-8,12H2,1-3H3,(H,13,14). The van der Waals surface area contributed by atoms with Gasteiger partial charge in [-0.15, -0.1) is 0 Å². The second-order valence-corrected chi connectivity index (χ2v) is 6.41. The van der Waals surface area contributed by atoms with E-state index in [0.29, 0.717) is 6.42 Å². The fourth-order valence-electron chi connectivity index (χ4n) is 1.46. The molecule has 0 aromatic rings. The highest BCUT2D eigenvalue weighted by Crippen LogP contribution is 1.99. The molecule has 0 aromatic heterocycles. The van der Waals surface area contributed by atoms with Gasteiger partial charge in [-0.2, -0.15) is 0 Å². The van der Waals surface area contributed by atoms with Crippen molar-refractivity contribution in [2.75, 3.05) is 11.5 Å². The fraction of sp³-hybridized carbons (Fsp3) is 0.909. The summed E-state index contributed by atoms with van der Waals surface area (Å²) < 4.78 is 23.3. The van der Waals surface area contributed by atoms with Crippen LogP contribution in [0.5, 0.6) is 0 Å². The predicted octanol–water partition coefficient (Wildman–Crippen LogP) is 0.443. The molecule has 0 aliphatic carbocycles.